The smallest absolute Gasteiger partial charge is 0.162 e. The lowest BCUT2D eigenvalue weighted by atomic mass is 9.93. The number of nitrogens with zero attached hydrogens (tertiary/aromatic N) is 2. The molecule has 0 amide bonds. The molecule has 0 saturated heterocycles. The summed E-state index contributed by atoms with van der Waals surface area (Å²) >= 11 is 1.62. The molecule has 3 nitrogen and oxygen atoms in total. The van der Waals surface area contributed by atoms with Crippen LogP contribution in [-0.4, -0.2) is 15.8 Å². The van der Waals surface area contributed by atoms with Crippen LogP contribution in [0.15, 0.2) is 48.8 Å². The summed E-state index contributed by atoms with van der Waals surface area (Å²) in [5.74, 6) is 0.0455. The van der Waals surface area contributed by atoms with E-state index in [1.165, 1.54) is 0 Å². The average Bonchev–Trinajstić information content (AvgIpc) is 2.91. The number of aryl methyl sites for hydroxylation is 1. The molecule has 0 radical (unpaired) electrons. The summed E-state index contributed by atoms with van der Waals surface area (Å²) in [6, 6.07) is 12.1. The quantitative estimate of drug-likeness (QED) is 0.487. The summed E-state index contributed by atoms with van der Waals surface area (Å²) in [5.41, 5.74) is 3.52. The van der Waals surface area contributed by atoms with Gasteiger partial charge in [0.15, 0.2) is 5.78 Å². The lowest BCUT2D eigenvalue weighted by Gasteiger charge is -2.12. The van der Waals surface area contributed by atoms with Gasteiger partial charge in [-0.3, -0.25) is 9.78 Å². The van der Waals surface area contributed by atoms with E-state index in [-0.39, 0.29) is 5.78 Å². The highest BCUT2D eigenvalue weighted by Crippen LogP contribution is 2.41. The van der Waals surface area contributed by atoms with E-state index in [2.05, 4.69) is 4.98 Å². The molecule has 0 saturated carbocycles. The zero-order valence-corrected chi connectivity index (χ0v) is 13.6. The summed E-state index contributed by atoms with van der Waals surface area (Å²) < 4.78 is 1.09. The molecule has 0 aliphatic heterocycles. The molecular formula is C19H14N2OS. The second-order valence-electron chi connectivity index (χ2n) is 5.52. The Hall–Kier alpha value is -2.59. The first kappa shape index (κ1) is 14.0. The van der Waals surface area contributed by atoms with Gasteiger partial charge in [0.25, 0.3) is 0 Å². The molecule has 0 aliphatic rings. The Balaban J connectivity index is 2.27. The molecule has 4 rings (SSSR count). The van der Waals surface area contributed by atoms with Gasteiger partial charge in [-0.05, 0) is 25.5 Å². The van der Waals surface area contributed by atoms with Crippen molar-refractivity contribution < 1.29 is 4.79 Å². The minimum absolute atomic E-state index is 0.0455. The normalized spacial score (nSPS) is 11.2. The lowest BCUT2D eigenvalue weighted by molar-refractivity contribution is 0.101. The molecule has 4 heteroatoms. The monoisotopic (exact) mass is 318 g/mol. The Morgan fingerprint density at radius 2 is 1.91 bits per heavy atom. The van der Waals surface area contributed by atoms with Crippen LogP contribution in [-0.2, 0) is 0 Å². The van der Waals surface area contributed by atoms with E-state index in [9.17, 15) is 4.79 Å². The zero-order valence-electron chi connectivity index (χ0n) is 12.8. The number of aromatic nitrogens is 2. The Morgan fingerprint density at radius 3 is 2.65 bits per heavy atom. The minimum Gasteiger partial charge on any atom is -0.294 e. The first-order chi connectivity index (χ1) is 11.2. The number of fused-ring (bicyclic) bond motifs is 3. The van der Waals surface area contributed by atoms with Gasteiger partial charge < -0.3 is 0 Å². The number of Topliss-reactive ketones (excluding diaryl/α,β-unsaturated/α-hetero) is 1. The Bertz CT molecular complexity index is 1050. The first-order valence-corrected chi connectivity index (χ1v) is 8.21. The Morgan fingerprint density at radius 1 is 1.13 bits per heavy atom. The van der Waals surface area contributed by atoms with Gasteiger partial charge in [-0.2, -0.15) is 0 Å². The Kier molecular flexibility index (Phi) is 3.20. The van der Waals surface area contributed by atoms with Crippen molar-refractivity contribution in [2.24, 2.45) is 0 Å². The van der Waals surface area contributed by atoms with Crippen molar-refractivity contribution >= 4 is 37.4 Å². The van der Waals surface area contributed by atoms with E-state index >= 15 is 0 Å². The van der Waals surface area contributed by atoms with Crippen molar-refractivity contribution in [2.45, 2.75) is 13.8 Å². The molecule has 0 aliphatic carbocycles. The standard InChI is InChI=1S/C19H14N2OS/c1-11-16(12(2)22)17(13-6-4-3-5-7-13)18-14-8-9-20-10-15(14)23-19(18)21-11/h3-10H,1-2H3. The molecular weight excluding hydrogens is 304 g/mol. The van der Waals surface area contributed by atoms with Crippen LogP contribution in [0.2, 0.25) is 0 Å². The predicted molar refractivity (Wildman–Crippen MR) is 95.1 cm³/mol. The van der Waals surface area contributed by atoms with E-state index in [0.29, 0.717) is 5.56 Å². The summed E-state index contributed by atoms with van der Waals surface area (Å²) in [6.07, 6.45) is 3.65. The Labute approximate surface area is 137 Å². The van der Waals surface area contributed by atoms with E-state index in [1.54, 1.807) is 24.5 Å². The summed E-state index contributed by atoms with van der Waals surface area (Å²) in [4.78, 5) is 22.2. The lowest BCUT2D eigenvalue weighted by Crippen LogP contribution is -2.02. The zero-order chi connectivity index (χ0) is 16.0. The largest absolute Gasteiger partial charge is 0.294 e. The van der Waals surface area contributed by atoms with E-state index < -0.39 is 0 Å². The number of carbonyl (C=O) groups is 1. The molecule has 1 aromatic carbocycles. The first-order valence-electron chi connectivity index (χ1n) is 7.40. The maximum absolute atomic E-state index is 12.3. The highest BCUT2D eigenvalue weighted by Gasteiger charge is 2.20. The van der Waals surface area contributed by atoms with Gasteiger partial charge in [0.05, 0.1) is 10.4 Å². The molecule has 4 aromatic rings. The van der Waals surface area contributed by atoms with Crippen molar-refractivity contribution in [3.05, 3.63) is 60.0 Å². The van der Waals surface area contributed by atoms with Crippen LogP contribution in [0.4, 0.5) is 0 Å². The SMILES string of the molecule is CC(=O)c1c(C)nc2sc3cnccc3c2c1-c1ccccc1. The van der Waals surface area contributed by atoms with Crippen LogP contribution >= 0.6 is 11.3 Å². The molecule has 0 unspecified atom stereocenters. The van der Waals surface area contributed by atoms with Crippen molar-refractivity contribution in [2.75, 3.05) is 0 Å². The van der Waals surface area contributed by atoms with Gasteiger partial charge in [-0.25, -0.2) is 4.98 Å². The highest BCUT2D eigenvalue weighted by molar-refractivity contribution is 7.25. The van der Waals surface area contributed by atoms with Gasteiger partial charge in [-0.15, -0.1) is 11.3 Å². The van der Waals surface area contributed by atoms with Crippen molar-refractivity contribution in [3.63, 3.8) is 0 Å². The van der Waals surface area contributed by atoms with Gasteiger partial charge in [0.1, 0.15) is 4.83 Å². The highest BCUT2D eigenvalue weighted by atomic mass is 32.1. The fourth-order valence-electron chi connectivity index (χ4n) is 3.10. The van der Waals surface area contributed by atoms with Crippen LogP contribution in [0.5, 0.6) is 0 Å². The third-order valence-corrected chi connectivity index (χ3v) is 5.05. The predicted octanol–water partition coefficient (Wildman–Crippen LogP) is 5.02. The number of thiophene rings is 1. The van der Waals surface area contributed by atoms with E-state index in [4.69, 9.17) is 4.98 Å². The number of pyridine rings is 2. The van der Waals surface area contributed by atoms with Crippen LogP contribution in [0.25, 0.3) is 31.4 Å². The summed E-state index contributed by atoms with van der Waals surface area (Å²) in [7, 11) is 0. The second kappa shape index (κ2) is 5.25. The maximum atomic E-state index is 12.3. The van der Waals surface area contributed by atoms with Crippen molar-refractivity contribution in [1.82, 2.24) is 9.97 Å². The second-order valence-corrected chi connectivity index (χ2v) is 6.55. The molecule has 0 atom stereocenters. The van der Waals surface area contributed by atoms with Gasteiger partial charge in [0.2, 0.25) is 0 Å². The third-order valence-electron chi connectivity index (χ3n) is 4.02. The average molecular weight is 318 g/mol. The molecule has 0 N–H and O–H groups in total. The molecule has 0 bridgehead atoms. The number of benzene rings is 1. The number of carbonyl (C=O) groups excluding carboxylic acids is 1. The molecule has 0 fully saturated rings. The summed E-state index contributed by atoms with van der Waals surface area (Å²) in [6.45, 7) is 3.52. The number of rotatable bonds is 2. The van der Waals surface area contributed by atoms with Gasteiger partial charge >= 0.3 is 0 Å². The van der Waals surface area contributed by atoms with Crippen molar-refractivity contribution in [3.8, 4) is 11.1 Å². The fraction of sp³-hybridized carbons (Fsp3) is 0.105. The molecule has 3 aromatic heterocycles. The van der Waals surface area contributed by atoms with Crippen LogP contribution in [0.3, 0.4) is 0 Å². The fourth-order valence-corrected chi connectivity index (χ4v) is 4.20. The molecule has 23 heavy (non-hydrogen) atoms. The van der Waals surface area contributed by atoms with Crippen LogP contribution in [0, 0.1) is 6.92 Å². The molecule has 3 heterocycles. The molecule has 0 spiro atoms. The maximum Gasteiger partial charge on any atom is 0.162 e. The van der Waals surface area contributed by atoms with Gasteiger partial charge in [-0.1, -0.05) is 30.3 Å². The number of hydrogen-bond acceptors (Lipinski definition) is 4. The summed E-state index contributed by atoms with van der Waals surface area (Å²) in [5, 5.41) is 2.16. The van der Waals surface area contributed by atoms with Gasteiger partial charge in [0, 0.05) is 34.3 Å². The van der Waals surface area contributed by atoms with E-state index in [1.807, 2.05) is 49.5 Å². The minimum atomic E-state index is 0.0455. The van der Waals surface area contributed by atoms with Crippen molar-refractivity contribution in [1.29, 1.82) is 0 Å². The van der Waals surface area contributed by atoms with Crippen LogP contribution < -0.4 is 0 Å². The third kappa shape index (κ3) is 2.14. The number of hydrogen-bond donors (Lipinski definition) is 0. The number of ketones is 1. The molecule has 112 valence electrons. The van der Waals surface area contributed by atoms with Crippen LogP contribution in [0.1, 0.15) is 23.0 Å². The van der Waals surface area contributed by atoms with E-state index in [0.717, 1.165) is 37.1 Å². The topological polar surface area (TPSA) is 42.9 Å².